The van der Waals surface area contributed by atoms with E-state index in [0.29, 0.717) is 12.5 Å². The first-order valence-corrected chi connectivity index (χ1v) is 7.87. The summed E-state index contributed by atoms with van der Waals surface area (Å²) in [6.45, 7) is 4.09. The van der Waals surface area contributed by atoms with Crippen LogP contribution in [0.15, 0.2) is 36.8 Å². The lowest BCUT2D eigenvalue weighted by molar-refractivity contribution is -0.133. The molecular formula is C17H22N4O. The summed E-state index contributed by atoms with van der Waals surface area (Å²) in [5.74, 6) is 0.831. The Morgan fingerprint density at radius 1 is 1.32 bits per heavy atom. The second-order valence-electron chi connectivity index (χ2n) is 6.04. The van der Waals surface area contributed by atoms with Gasteiger partial charge < -0.3 is 4.90 Å². The van der Waals surface area contributed by atoms with Gasteiger partial charge >= 0.3 is 0 Å². The molecule has 0 saturated carbocycles. The molecule has 22 heavy (non-hydrogen) atoms. The van der Waals surface area contributed by atoms with Gasteiger partial charge in [0.15, 0.2) is 0 Å². The summed E-state index contributed by atoms with van der Waals surface area (Å²) in [5.41, 5.74) is 2.43. The standard InChI is InChI=1S/C17H22N4O/c1-14-11-16(3-7-18-14)12-15-4-9-20(10-5-15)17(22)13-21-8-2-6-19-21/h2-3,6-8,11,15H,4-5,9-10,12-13H2,1H3. The fourth-order valence-corrected chi connectivity index (χ4v) is 3.08. The first kappa shape index (κ1) is 14.8. The van der Waals surface area contributed by atoms with E-state index in [-0.39, 0.29) is 5.91 Å². The number of amides is 1. The summed E-state index contributed by atoms with van der Waals surface area (Å²) in [6.07, 6.45) is 8.66. The molecule has 0 atom stereocenters. The number of hydrogen-bond donors (Lipinski definition) is 0. The van der Waals surface area contributed by atoms with Crippen LogP contribution in [0, 0.1) is 12.8 Å². The third-order valence-electron chi connectivity index (χ3n) is 4.31. The number of nitrogens with zero attached hydrogens (tertiary/aromatic N) is 4. The molecular weight excluding hydrogens is 276 g/mol. The van der Waals surface area contributed by atoms with Crippen LogP contribution in [0.1, 0.15) is 24.1 Å². The summed E-state index contributed by atoms with van der Waals surface area (Å²) in [7, 11) is 0. The Bertz CT molecular complexity index is 615. The number of aryl methyl sites for hydroxylation is 1. The predicted molar refractivity (Wildman–Crippen MR) is 84.2 cm³/mol. The average molecular weight is 298 g/mol. The van der Waals surface area contributed by atoms with Crippen molar-refractivity contribution in [1.82, 2.24) is 19.7 Å². The number of piperidine rings is 1. The van der Waals surface area contributed by atoms with Crippen LogP contribution in [0.2, 0.25) is 0 Å². The molecule has 1 amide bonds. The number of hydrogen-bond acceptors (Lipinski definition) is 3. The molecule has 5 nitrogen and oxygen atoms in total. The fraction of sp³-hybridized carbons (Fsp3) is 0.471. The highest BCUT2D eigenvalue weighted by Crippen LogP contribution is 2.22. The van der Waals surface area contributed by atoms with E-state index >= 15 is 0 Å². The molecule has 2 aromatic rings. The van der Waals surface area contributed by atoms with Gasteiger partial charge in [0.05, 0.1) is 0 Å². The quantitative estimate of drug-likeness (QED) is 0.868. The minimum absolute atomic E-state index is 0.168. The van der Waals surface area contributed by atoms with Crippen molar-refractivity contribution in [3.8, 4) is 0 Å². The lowest BCUT2D eigenvalue weighted by Crippen LogP contribution is -2.40. The van der Waals surface area contributed by atoms with Crippen molar-refractivity contribution >= 4 is 5.91 Å². The number of rotatable bonds is 4. The third-order valence-corrected chi connectivity index (χ3v) is 4.31. The Morgan fingerprint density at radius 3 is 2.82 bits per heavy atom. The smallest absolute Gasteiger partial charge is 0.244 e. The molecule has 0 radical (unpaired) electrons. The van der Waals surface area contributed by atoms with E-state index < -0.39 is 0 Å². The van der Waals surface area contributed by atoms with Gasteiger partial charge in [-0.3, -0.25) is 14.5 Å². The summed E-state index contributed by atoms with van der Waals surface area (Å²) < 4.78 is 1.69. The maximum Gasteiger partial charge on any atom is 0.244 e. The van der Waals surface area contributed by atoms with E-state index in [1.807, 2.05) is 30.3 Å². The van der Waals surface area contributed by atoms with Gasteiger partial charge in [0.1, 0.15) is 6.54 Å². The number of pyridine rings is 1. The number of carbonyl (C=O) groups excluding carboxylic acids is 1. The molecule has 0 N–H and O–H groups in total. The van der Waals surface area contributed by atoms with Gasteiger partial charge in [-0.25, -0.2) is 0 Å². The van der Waals surface area contributed by atoms with E-state index in [2.05, 4.69) is 22.2 Å². The van der Waals surface area contributed by atoms with Crippen LogP contribution in [0.25, 0.3) is 0 Å². The average Bonchev–Trinajstić information content (AvgIpc) is 3.01. The Labute approximate surface area is 131 Å². The molecule has 3 heterocycles. The fourth-order valence-electron chi connectivity index (χ4n) is 3.08. The van der Waals surface area contributed by atoms with Crippen LogP contribution in [0.4, 0.5) is 0 Å². The van der Waals surface area contributed by atoms with Gasteiger partial charge in [-0.1, -0.05) is 0 Å². The largest absolute Gasteiger partial charge is 0.341 e. The number of likely N-dealkylation sites (tertiary alicyclic amines) is 1. The normalized spacial score (nSPS) is 16.0. The van der Waals surface area contributed by atoms with E-state index in [0.717, 1.165) is 38.0 Å². The molecule has 0 aromatic carbocycles. The van der Waals surface area contributed by atoms with Crippen molar-refractivity contribution in [2.24, 2.45) is 5.92 Å². The van der Waals surface area contributed by atoms with E-state index in [1.54, 1.807) is 10.9 Å². The molecule has 1 saturated heterocycles. The minimum atomic E-state index is 0.168. The Balaban J connectivity index is 1.49. The summed E-state index contributed by atoms with van der Waals surface area (Å²) in [4.78, 5) is 18.4. The van der Waals surface area contributed by atoms with Gasteiger partial charge in [0.25, 0.3) is 0 Å². The zero-order chi connectivity index (χ0) is 15.4. The molecule has 0 bridgehead atoms. The van der Waals surface area contributed by atoms with Gasteiger partial charge in [0, 0.05) is 37.4 Å². The van der Waals surface area contributed by atoms with Gasteiger partial charge in [-0.15, -0.1) is 0 Å². The van der Waals surface area contributed by atoms with Crippen molar-refractivity contribution in [3.05, 3.63) is 48.0 Å². The monoisotopic (exact) mass is 298 g/mol. The summed E-state index contributed by atoms with van der Waals surface area (Å²) in [5, 5.41) is 4.09. The highest BCUT2D eigenvalue weighted by Gasteiger charge is 2.23. The molecule has 1 aliphatic rings. The van der Waals surface area contributed by atoms with Crippen molar-refractivity contribution in [1.29, 1.82) is 0 Å². The molecule has 1 aliphatic heterocycles. The van der Waals surface area contributed by atoms with Crippen molar-refractivity contribution < 1.29 is 4.79 Å². The van der Waals surface area contributed by atoms with E-state index in [9.17, 15) is 4.79 Å². The molecule has 0 aliphatic carbocycles. The van der Waals surface area contributed by atoms with Gasteiger partial charge in [-0.2, -0.15) is 5.10 Å². The Morgan fingerprint density at radius 2 is 2.14 bits per heavy atom. The molecule has 3 rings (SSSR count). The van der Waals surface area contributed by atoms with Crippen molar-refractivity contribution in [2.45, 2.75) is 32.7 Å². The first-order valence-electron chi connectivity index (χ1n) is 7.87. The first-order chi connectivity index (χ1) is 10.7. The highest BCUT2D eigenvalue weighted by atomic mass is 16.2. The van der Waals surface area contributed by atoms with E-state index in [1.165, 1.54) is 5.56 Å². The molecule has 1 fully saturated rings. The number of aromatic nitrogens is 3. The van der Waals surface area contributed by atoms with Crippen LogP contribution in [-0.4, -0.2) is 38.7 Å². The number of carbonyl (C=O) groups is 1. The predicted octanol–water partition coefficient (Wildman–Crippen LogP) is 2.07. The van der Waals surface area contributed by atoms with Crippen LogP contribution in [-0.2, 0) is 17.8 Å². The molecule has 2 aromatic heterocycles. The SMILES string of the molecule is Cc1cc(CC2CCN(C(=O)Cn3cccn3)CC2)ccn1. The van der Waals surface area contributed by atoms with Crippen LogP contribution >= 0.6 is 0 Å². The molecule has 116 valence electrons. The Kier molecular flexibility index (Phi) is 4.51. The molecule has 0 unspecified atom stereocenters. The maximum atomic E-state index is 12.2. The maximum absolute atomic E-state index is 12.2. The summed E-state index contributed by atoms with van der Waals surface area (Å²) >= 11 is 0. The lowest BCUT2D eigenvalue weighted by atomic mass is 9.90. The third kappa shape index (κ3) is 3.72. The van der Waals surface area contributed by atoms with Crippen LogP contribution in [0.5, 0.6) is 0 Å². The second kappa shape index (κ2) is 6.73. The van der Waals surface area contributed by atoms with Crippen molar-refractivity contribution in [2.75, 3.05) is 13.1 Å². The van der Waals surface area contributed by atoms with Crippen LogP contribution < -0.4 is 0 Å². The minimum Gasteiger partial charge on any atom is -0.341 e. The molecule has 0 spiro atoms. The topological polar surface area (TPSA) is 51.0 Å². The zero-order valence-corrected chi connectivity index (χ0v) is 13.0. The zero-order valence-electron chi connectivity index (χ0n) is 13.0. The Hall–Kier alpha value is -2.17. The molecule has 5 heteroatoms. The summed E-state index contributed by atoms with van der Waals surface area (Å²) in [6, 6.07) is 6.10. The van der Waals surface area contributed by atoms with Crippen molar-refractivity contribution in [3.63, 3.8) is 0 Å². The van der Waals surface area contributed by atoms with Crippen LogP contribution in [0.3, 0.4) is 0 Å². The highest BCUT2D eigenvalue weighted by molar-refractivity contribution is 5.75. The van der Waals surface area contributed by atoms with E-state index in [4.69, 9.17) is 0 Å². The lowest BCUT2D eigenvalue weighted by Gasteiger charge is -2.32. The second-order valence-corrected chi connectivity index (χ2v) is 6.04. The van der Waals surface area contributed by atoms with Gasteiger partial charge in [-0.05, 0) is 55.9 Å². The van der Waals surface area contributed by atoms with Gasteiger partial charge in [0.2, 0.25) is 5.91 Å².